The lowest BCUT2D eigenvalue weighted by atomic mass is 10.0. The third-order valence-electron chi connectivity index (χ3n) is 3.80. The van der Waals surface area contributed by atoms with Crippen molar-refractivity contribution in [1.82, 2.24) is 4.98 Å². The molecule has 1 nitrogen and oxygen atoms in total. The summed E-state index contributed by atoms with van der Waals surface area (Å²) in [6.07, 6.45) is 0.820. The number of hydrogen-bond donors (Lipinski definition) is 0. The Bertz CT molecular complexity index is 1030. The van der Waals surface area contributed by atoms with Crippen LogP contribution in [0.15, 0.2) is 66.7 Å². The lowest BCUT2D eigenvalue weighted by Gasteiger charge is -2.07. The van der Waals surface area contributed by atoms with Crippen molar-refractivity contribution in [3.05, 3.63) is 81.1 Å². The van der Waals surface area contributed by atoms with Crippen LogP contribution in [0, 0.1) is 3.82 Å². The van der Waals surface area contributed by atoms with Crippen LogP contribution < -0.4 is 0 Å². The molecule has 106 valence electrons. The van der Waals surface area contributed by atoms with E-state index in [1.165, 1.54) is 16.3 Å². The van der Waals surface area contributed by atoms with Gasteiger partial charge in [-0.25, -0.2) is 4.98 Å². The molecule has 0 bridgehead atoms. The van der Waals surface area contributed by atoms with E-state index in [1.807, 2.05) is 24.3 Å². The average molecular weight is 319 g/mol. The van der Waals surface area contributed by atoms with Crippen LogP contribution in [0.2, 0.25) is 0 Å². The van der Waals surface area contributed by atoms with Gasteiger partial charge in [0.15, 0.2) is 0 Å². The fourth-order valence-corrected chi connectivity index (χ4v) is 4.08. The van der Waals surface area contributed by atoms with Crippen molar-refractivity contribution in [3.63, 3.8) is 0 Å². The van der Waals surface area contributed by atoms with Crippen LogP contribution in [-0.4, -0.2) is 4.98 Å². The molecule has 0 amide bonds. The van der Waals surface area contributed by atoms with Gasteiger partial charge in [-0.15, -0.1) is 11.3 Å². The minimum atomic E-state index is 0.820. The van der Waals surface area contributed by atoms with Crippen LogP contribution >= 0.6 is 23.6 Å². The van der Waals surface area contributed by atoms with Crippen molar-refractivity contribution in [3.8, 4) is 0 Å². The molecule has 1 aromatic heterocycles. The van der Waals surface area contributed by atoms with Gasteiger partial charge in [0.2, 0.25) is 0 Å². The number of rotatable bonds is 2. The highest BCUT2D eigenvalue weighted by Gasteiger charge is 2.06. The van der Waals surface area contributed by atoms with E-state index in [0.29, 0.717) is 0 Å². The Labute approximate surface area is 137 Å². The predicted molar refractivity (Wildman–Crippen MR) is 97.2 cm³/mol. The van der Waals surface area contributed by atoms with Crippen LogP contribution in [0.3, 0.4) is 0 Å². The molecule has 0 N–H and O–H groups in total. The molecule has 22 heavy (non-hydrogen) atoms. The molecule has 0 saturated carbocycles. The molecule has 4 rings (SSSR count). The molecule has 4 aromatic rings. The summed E-state index contributed by atoms with van der Waals surface area (Å²) in [6, 6.07) is 23.0. The zero-order chi connectivity index (χ0) is 14.9. The lowest BCUT2D eigenvalue weighted by Crippen LogP contribution is -1.92. The summed E-state index contributed by atoms with van der Waals surface area (Å²) in [6.45, 7) is 0. The number of benzene rings is 3. The normalized spacial score (nSPS) is 11.1. The molecule has 0 saturated heterocycles. The highest BCUT2D eigenvalue weighted by Crippen LogP contribution is 2.25. The first-order valence-corrected chi connectivity index (χ1v) is 8.39. The summed E-state index contributed by atoms with van der Waals surface area (Å²) in [7, 11) is 0. The molecule has 0 fully saturated rings. The Balaban J connectivity index is 1.84. The smallest absolute Gasteiger partial charge is 0.101 e. The standard InChI is InChI=1S/C19H13NS2/c21-19-16-10-3-4-11-17(16)20-18(22-19)12-14-8-5-7-13-6-1-2-9-15(13)14/h1-11H,12H2. The molecular weight excluding hydrogens is 306 g/mol. The van der Waals surface area contributed by atoms with E-state index in [0.717, 1.165) is 26.2 Å². The van der Waals surface area contributed by atoms with E-state index in [2.05, 4.69) is 42.5 Å². The summed E-state index contributed by atoms with van der Waals surface area (Å²) in [5.74, 6) is 0. The molecule has 0 spiro atoms. The topological polar surface area (TPSA) is 12.9 Å². The molecule has 0 atom stereocenters. The number of hydrogen-bond acceptors (Lipinski definition) is 3. The molecule has 0 aliphatic carbocycles. The fourth-order valence-electron chi connectivity index (χ4n) is 2.75. The van der Waals surface area contributed by atoms with Crippen molar-refractivity contribution < 1.29 is 0 Å². The van der Waals surface area contributed by atoms with E-state index >= 15 is 0 Å². The van der Waals surface area contributed by atoms with Gasteiger partial charge in [-0.1, -0.05) is 72.9 Å². The predicted octanol–water partition coefficient (Wildman–Crippen LogP) is 5.77. The Morgan fingerprint density at radius 3 is 2.45 bits per heavy atom. The van der Waals surface area contributed by atoms with Crippen molar-refractivity contribution >= 4 is 45.2 Å². The highest BCUT2D eigenvalue weighted by molar-refractivity contribution is 7.73. The Hall–Kier alpha value is -2.10. The third kappa shape index (κ3) is 2.43. The van der Waals surface area contributed by atoms with E-state index in [9.17, 15) is 0 Å². The summed E-state index contributed by atoms with van der Waals surface area (Å²) >= 11 is 7.15. The second kappa shape index (κ2) is 5.59. The maximum atomic E-state index is 5.53. The Morgan fingerprint density at radius 2 is 1.55 bits per heavy atom. The van der Waals surface area contributed by atoms with Crippen molar-refractivity contribution in [2.45, 2.75) is 6.42 Å². The Kier molecular flexibility index (Phi) is 3.45. The first-order valence-electron chi connectivity index (χ1n) is 7.17. The quantitative estimate of drug-likeness (QED) is 0.435. The highest BCUT2D eigenvalue weighted by atomic mass is 32.1. The molecule has 0 unspecified atom stereocenters. The van der Waals surface area contributed by atoms with Gasteiger partial charge in [0.25, 0.3) is 0 Å². The minimum Gasteiger partial charge on any atom is -0.242 e. The first-order chi connectivity index (χ1) is 10.8. The average Bonchev–Trinajstić information content (AvgIpc) is 2.55. The second-order valence-electron chi connectivity index (χ2n) is 5.23. The molecule has 0 aliphatic rings. The van der Waals surface area contributed by atoms with Crippen LogP contribution in [0.25, 0.3) is 21.7 Å². The maximum absolute atomic E-state index is 5.53. The molecule has 3 heteroatoms. The first kappa shape index (κ1) is 13.6. The molecule has 0 radical (unpaired) electrons. The number of aromatic nitrogens is 1. The Morgan fingerprint density at radius 1 is 0.818 bits per heavy atom. The summed E-state index contributed by atoms with van der Waals surface area (Å²) < 4.78 is 0.917. The van der Waals surface area contributed by atoms with E-state index in [1.54, 1.807) is 11.3 Å². The van der Waals surface area contributed by atoms with Gasteiger partial charge >= 0.3 is 0 Å². The van der Waals surface area contributed by atoms with Gasteiger partial charge in [0.1, 0.15) is 3.82 Å². The van der Waals surface area contributed by atoms with Crippen molar-refractivity contribution in [1.29, 1.82) is 0 Å². The van der Waals surface area contributed by atoms with Gasteiger partial charge in [-0.05, 0) is 22.4 Å². The van der Waals surface area contributed by atoms with E-state index < -0.39 is 0 Å². The SMILES string of the molecule is S=c1sc(Cc2cccc3ccccc23)nc2ccccc12. The summed E-state index contributed by atoms with van der Waals surface area (Å²) in [5.41, 5.74) is 2.29. The van der Waals surface area contributed by atoms with Crippen LogP contribution in [0.5, 0.6) is 0 Å². The van der Waals surface area contributed by atoms with E-state index in [4.69, 9.17) is 17.2 Å². The molecule has 3 aromatic carbocycles. The summed E-state index contributed by atoms with van der Waals surface area (Å²) in [4.78, 5) is 4.79. The molecule has 0 aliphatic heterocycles. The lowest BCUT2D eigenvalue weighted by molar-refractivity contribution is 1.16. The van der Waals surface area contributed by atoms with Crippen LogP contribution in [0.1, 0.15) is 10.6 Å². The van der Waals surface area contributed by atoms with Gasteiger partial charge in [0, 0.05) is 11.8 Å². The van der Waals surface area contributed by atoms with Crippen molar-refractivity contribution in [2.24, 2.45) is 0 Å². The second-order valence-corrected chi connectivity index (χ2v) is 6.98. The zero-order valence-corrected chi connectivity index (χ0v) is 13.5. The van der Waals surface area contributed by atoms with Crippen LogP contribution in [-0.2, 0) is 6.42 Å². The fraction of sp³-hybridized carbons (Fsp3) is 0.0526. The van der Waals surface area contributed by atoms with Gasteiger partial charge in [-0.3, -0.25) is 0 Å². The van der Waals surface area contributed by atoms with Gasteiger partial charge < -0.3 is 0 Å². The third-order valence-corrected chi connectivity index (χ3v) is 5.15. The number of para-hydroxylation sites is 1. The zero-order valence-electron chi connectivity index (χ0n) is 11.8. The maximum Gasteiger partial charge on any atom is 0.101 e. The number of nitrogens with zero attached hydrogens (tertiary/aromatic N) is 1. The summed E-state index contributed by atoms with van der Waals surface area (Å²) in [5, 5.41) is 4.70. The largest absolute Gasteiger partial charge is 0.242 e. The van der Waals surface area contributed by atoms with Gasteiger partial charge in [-0.2, -0.15) is 0 Å². The monoisotopic (exact) mass is 319 g/mol. The van der Waals surface area contributed by atoms with E-state index in [-0.39, 0.29) is 0 Å². The van der Waals surface area contributed by atoms with Crippen LogP contribution in [0.4, 0.5) is 0 Å². The molecule has 1 heterocycles. The molecular formula is C19H13NS2. The number of fused-ring (bicyclic) bond motifs is 2. The van der Waals surface area contributed by atoms with Crippen molar-refractivity contribution in [2.75, 3.05) is 0 Å². The minimum absolute atomic E-state index is 0.820. The van der Waals surface area contributed by atoms with Gasteiger partial charge in [0.05, 0.1) is 10.5 Å².